The van der Waals surface area contributed by atoms with Crippen molar-refractivity contribution in [1.82, 2.24) is 0 Å². The van der Waals surface area contributed by atoms with Gasteiger partial charge in [-0.3, -0.25) is 0 Å². The number of aliphatic carboxylic acids is 2. The van der Waals surface area contributed by atoms with E-state index in [2.05, 4.69) is 13.8 Å². The molecule has 2 fully saturated rings. The molecule has 4 nitrogen and oxygen atoms in total. The largest absolute Gasteiger partial charge is 2.00 e. The van der Waals surface area contributed by atoms with E-state index in [1.54, 1.807) is 13.8 Å². The fourth-order valence-electron chi connectivity index (χ4n) is 4.00. The zero-order valence-corrected chi connectivity index (χ0v) is 20.6. The van der Waals surface area contributed by atoms with Crippen LogP contribution in [-0.2, 0) is 37.3 Å². The van der Waals surface area contributed by atoms with Gasteiger partial charge in [-0.2, -0.15) is 0 Å². The molecule has 5 heteroatoms. The molecule has 128 valence electrons. The molecule has 0 saturated heterocycles. The van der Waals surface area contributed by atoms with E-state index in [1.807, 2.05) is 0 Å². The maximum absolute atomic E-state index is 10.7. The zero-order chi connectivity index (χ0) is 17.0. The van der Waals surface area contributed by atoms with Gasteiger partial charge >= 0.3 is 27.7 Å². The van der Waals surface area contributed by atoms with Crippen molar-refractivity contribution < 1.29 is 47.5 Å². The van der Waals surface area contributed by atoms with E-state index in [9.17, 15) is 19.8 Å². The molecule has 2 rings (SSSR count). The Hall–Kier alpha value is -0.125. The van der Waals surface area contributed by atoms with Gasteiger partial charge in [0.1, 0.15) is 0 Å². The molecule has 23 heavy (non-hydrogen) atoms. The van der Waals surface area contributed by atoms with Gasteiger partial charge in [0, 0.05) is 22.8 Å². The second-order valence-corrected chi connectivity index (χ2v) is 8.10. The monoisotopic (exact) mass is 512 g/mol. The fraction of sp³-hybridized carbons (Fsp3) is 0.889. The SMILES string of the molecule is CC1CCCC(C)(C(=O)[O-])C1.CC1CCCC(C)(C(=O)[O-])C1.[Hg+2]. The third-order valence-corrected chi connectivity index (χ3v) is 5.43. The summed E-state index contributed by atoms with van der Waals surface area (Å²) in [5, 5.41) is 21.4. The van der Waals surface area contributed by atoms with E-state index in [0.717, 1.165) is 38.5 Å². The molecule has 2 aliphatic carbocycles. The van der Waals surface area contributed by atoms with Crippen molar-refractivity contribution in [2.24, 2.45) is 22.7 Å². The number of carboxylic acid groups (broad SMARTS) is 2. The Morgan fingerprint density at radius 2 is 1.13 bits per heavy atom. The first-order chi connectivity index (χ1) is 10.1. The van der Waals surface area contributed by atoms with Gasteiger partial charge in [0.05, 0.1) is 0 Å². The predicted molar refractivity (Wildman–Crippen MR) is 81.5 cm³/mol. The average Bonchev–Trinajstić information content (AvgIpc) is 2.38. The van der Waals surface area contributed by atoms with Gasteiger partial charge in [-0.05, 0) is 37.5 Å². The van der Waals surface area contributed by atoms with Gasteiger partial charge in [-0.1, -0.05) is 53.4 Å². The molecule has 0 spiro atoms. The first-order valence-corrected chi connectivity index (χ1v) is 8.52. The van der Waals surface area contributed by atoms with Crippen LogP contribution in [0.4, 0.5) is 0 Å². The molecule has 0 bridgehead atoms. The third kappa shape index (κ3) is 6.71. The summed E-state index contributed by atoms with van der Waals surface area (Å²) in [6, 6.07) is 0. The Morgan fingerprint density at radius 1 is 0.826 bits per heavy atom. The van der Waals surface area contributed by atoms with Gasteiger partial charge in [0.25, 0.3) is 0 Å². The smallest absolute Gasteiger partial charge is 0.550 e. The Bertz CT molecular complexity index is 374. The molecule has 0 amide bonds. The number of carbonyl (C=O) groups is 2. The minimum Gasteiger partial charge on any atom is -0.550 e. The third-order valence-electron chi connectivity index (χ3n) is 5.43. The molecular weight excluding hydrogens is 481 g/mol. The van der Waals surface area contributed by atoms with Crippen molar-refractivity contribution >= 4 is 11.9 Å². The Labute approximate surface area is 160 Å². The van der Waals surface area contributed by atoms with Gasteiger partial charge < -0.3 is 19.8 Å². The van der Waals surface area contributed by atoms with Gasteiger partial charge in [0.2, 0.25) is 0 Å². The molecule has 0 aromatic carbocycles. The van der Waals surface area contributed by atoms with E-state index in [0.29, 0.717) is 11.8 Å². The van der Waals surface area contributed by atoms with Crippen LogP contribution >= 0.6 is 0 Å². The summed E-state index contributed by atoms with van der Waals surface area (Å²) in [5.41, 5.74) is -1.09. The molecule has 0 aromatic heterocycles. The minimum atomic E-state index is -0.871. The van der Waals surface area contributed by atoms with E-state index < -0.39 is 22.8 Å². The van der Waals surface area contributed by atoms with Crippen LogP contribution < -0.4 is 10.2 Å². The van der Waals surface area contributed by atoms with Crippen LogP contribution in [0.5, 0.6) is 0 Å². The van der Waals surface area contributed by atoms with Crippen molar-refractivity contribution in [3.63, 3.8) is 0 Å². The Morgan fingerprint density at radius 3 is 1.30 bits per heavy atom. The van der Waals surface area contributed by atoms with Gasteiger partial charge in [-0.25, -0.2) is 0 Å². The summed E-state index contributed by atoms with van der Waals surface area (Å²) in [4.78, 5) is 21.4. The summed E-state index contributed by atoms with van der Waals surface area (Å²) in [7, 11) is 0. The van der Waals surface area contributed by atoms with Crippen molar-refractivity contribution in [2.75, 3.05) is 0 Å². The van der Waals surface area contributed by atoms with E-state index >= 15 is 0 Å². The zero-order valence-electron chi connectivity index (χ0n) is 15.2. The quantitative estimate of drug-likeness (QED) is 0.531. The van der Waals surface area contributed by atoms with Crippen LogP contribution in [0, 0.1) is 22.7 Å². The van der Waals surface area contributed by atoms with Crippen LogP contribution in [0.2, 0.25) is 0 Å². The standard InChI is InChI=1S/2C9H16O2.Hg/c2*1-7-4-3-5-9(2,6-7)8(10)11;/h2*7H,3-6H2,1-2H3,(H,10,11);/q;;+2/p-2. The maximum atomic E-state index is 10.7. The molecular formula is C18H30HgO4. The van der Waals surface area contributed by atoms with Crippen molar-refractivity contribution in [1.29, 1.82) is 0 Å². The summed E-state index contributed by atoms with van der Waals surface area (Å²) >= 11 is 0. The van der Waals surface area contributed by atoms with Crippen molar-refractivity contribution in [2.45, 2.75) is 79.1 Å². The first kappa shape index (κ1) is 22.9. The van der Waals surface area contributed by atoms with E-state index in [1.165, 1.54) is 12.8 Å². The molecule has 0 aromatic rings. The number of hydrogen-bond donors (Lipinski definition) is 0. The van der Waals surface area contributed by atoms with Crippen LogP contribution in [-0.4, -0.2) is 11.9 Å². The number of hydrogen-bond acceptors (Lipinski definition) is 4. The average molecular weight is 511 g/mol. The summed E-state index contributed by atoms with van der Waals surface area (Å²) in [6.45, 7) is 7.83. The Kier molecular flexibility index (Phi) is 9.33. The molecule has 4 unspecified atom stereocenters. The van der Waals surface area contributed by atoms with Crippen molar-refractivity contribution in [3.05, 3.63) is 0 Å². The molecule has 2 saturated carbocycles. The number of rotatable bonds is 2. The maximum Gasteiger partial charge on any atom is 2.00 e. The topological polar surface area (TPSA) is 80.3 Å². The van der Waals surface area contributed by atoms with E-state index in [-0.39, 0.29) is 27.7 Å². The Balaban J connectivity index is 0.000000403. The van der Waals surface area contributed by atoms with Gasteiger partial charge in [-0.15, -0.1) is 0 Å². The summed E-state index contributed by atoms with van der Waals surface area (Å²) in [5.74, 6) is -0.647. The minimum absolute atomic E-state index is 0. The molecule has 0 aliphatic heterocycles. The number of carboxylic acids is 2. The predicted octanol–water partition coefficient (Wildman–Crippen LogP) is 1.90. The van der Waals surface area contributed by atoms with Crippen LogP contribution in [0.3, 0.4) is 0 Å². The molecule has 0 radical (unpaired) electrons. The molecule has 4 atom stereocenters. The van der Waals surface area contributed by atoms with Gasteiger partial charge in [0.15, 0.2) is 0 Å². The summed E-state index contributed by atoms with van der Waals surface area (Å²) in [6.07, 6.45) is 7.56. The van der Waals surface area contributed by atoms with Crippen LogP contribution in [0.15, 0.2) is 0 Å². The molecule has 0 heterocycles. The second-order valence-electron chi connectivity index (χ2n) is 8.10. The van der Waals surface area contributed by atoms with Crippen LogP contribution in [0.25, 0.3) is 0 Å². The second kappa shape index (κ2) is 9.38. The van der Waals surface area contributed by atoms with E-state index in [4.69, 9.17) is 0 Å². The molecule has 0 N–H and O–H groups in total. The van der Waals surface area contributed by atoms with Crippen molar-refractivity contribution in [3.8, 4) is 0 Å². The summed E-state index contributed by atoms with van der Waals surface area (Å²) < 4.78 is 0. The normalized spacial score (nSPS) is 36.9. The first-order valence-electron chi connectivity index (χ1n) is 8.52. The molecule has 2 aliphatic rings. The van der Waals surface area contributed by atoms with Crippen LogP contribution in [0.1, 0.15) is 79.1 Å². The fourth-order valence-corrected chi connectivity index (χ4v) is 4.00. The number of carbonyl (C=O) groups excluding carboxylic acids is 2.